The van der Waals surface area contributed by atoms with Gasteiger partial charge in [-0.05, 0) is 37.7 Å². The third-order valence-corrected chi connectivity index (χ3v) is 7.39. The van der Waals surface area contributed by atoms with E-state index in [0.29, 0.717) is 29.2 Å². The van der Waals surface area contributed by atoms with Gasteiger partial charge < -0.3 is 14.6 Å². The molecule has 0 spiro atoms. The van der Waals surface area contributed by atoms with Gasteiger partial charge in [-0.2, -0.15) is 0 Å². The molecule has 0 amide bonds. The first-order valence-electron chi connectivity index (χ1n) is 10.8. The van der Waals surface area contributed by atoms with E-state index in [2.05, 4.69) is 27.0 Å². The summed E-state index contributed by atoms with van der Waals surface area (Å²) in [5.74, 6) is 0.930. The first-order chi connectivity index (χ1) is 15.1. The highest BCUT2D eigenvalue weighted by Crippen LogP contribution is 2.47. The molecule has 8 heteroatoms. The number of aromatic amines is 1. The molecule has 31 heavy (non-hydrogen) atoms. The molecule has 1 N–H and O–H groups in total. The molecule has 0 unspecified atom stereocenters. The molecule has 1 saturated carbocycles. The van der Waals surface area contributed by atoms with Crippen molar-refractivity contribution in [3.63, 3.8) is 0 Å². The summed E-state index contributed by atoms with van der Waals surface area (Å²) in [6, 6.07) is 9.92. The minimum Gasteiger partial charge on any atom is -0.384 e. The number of rotatable bonds is 8. The fourth-order valence-corrected chi connectivity index (χ4v) is 5.50. The summed E-state index contributed by atoms with van der Waals surface area (Å²) in [6.45, 7) is 1.33. The third-order valence-electron chi connectivity index (χ3n) is 6.41. The second-order valence-electron chi connectivity index (χ2n) is 8.58. The molecule has 1 aliphatic carbocycles. The number of thiazole rings is 1. The van der Waals surface area contributed by atoms with E-state index >= 15 is 0 Å². The zero-order chi connectivity index (χ0) is 21.4. The number of H-pyrrole nitrogens is 1. The highest BCUT2D eigenvalue weighted by molar-refractivity contribution is 7.21. The van der Waals surface area contributed by atoms with Crippen LogP contribution in [0.15, 0.2) is 35.1 Å². The van der Waals surface area contributed by atoms with Crippen LogP contribution in [0.2, 0.25) is 0 Å². The Labute approximate surface area is 184 Å². The van der Waals surface area contributed by atoms with Gasteiger partial charge in [-0.1, -0.05) is 41.7 Å². The van der Waals surface area contributed by atoms with Gasteiger partial charge in [0.2, 0.25) is 0 Å². The van der Waals surface area contributed by atoms with E-state index in [1.165, 1.54) is 16.9 Å². The molecule has 5 rings (SSSR count). The summed E-state index contributed by atoms with van der Waals surface area (Å²) < 4.78 is 5.34. The monoisotopic (exact) mass is 438 g/mol. The molecule has 0 bridgehead atoms. The van der Waals surface area contributed by atoms with E-state index in [-0.39, 0.29) is 22.8 Å². The van der Waals surface area contributed by atoms with Crippen LogP contribution in [0.3, 0.4) is 0 Å². The van der Waals surface area contributed by atoms with Gasteiger partial charge in [-0.15, -0.1) is 0 Å². The molecule has 3 aromatic rings. The highest BCUT2D eigenvalue weighted by Gasteiger charge is 2.47. The van der Waals surface area contributed by atoms with Crippen LogP contribution in [-0.4, -0.2) is 47.0 Å². The van der Waals surface area contributed by atoms with Crippen molar-refractivity contribution >= 4 is 32.6 Å². The molecule has 162 valence electrons. The number of nitrogens with one attached hydrogen (secondary N) is 1. The third kappa shape index (κ3) is 3.90. The van der Waals surface area contributed by atoms with Gasteiger partial charge in [0.1, 0.15) is 5.82 Å². The Hall–Kier alpha value is -2.58. The van der Waals surface area contributed by atoms with Crippen LogP contribution < -0.4 is 10.5 Å². The molecule has 3 heterocycles. The number of anilines is 1. The average molecular weight is 439 g/mol. The number of methoxy groups -OCH3 is 1. The maximum atomic E-state index is 13.0. The predicted molar refractivity (Wildman–Crippen MR) is 121 cm³/mol. The summed E-state index contributed by atoms with van der Waals surface area (Å²) >= 11 is 1.41. The Morgan fingerprint density at radius 3 is 2.84 bits per heavy atom. The van der Waals surface area contributed by atoms with Crippen LogP contribution >= 0.6 is 11.3 Å². The highest BCUT2D eigenvalue weighted by atomic mass is 32.1. The van der Waals surface area contributed by atoms with Gasteiger partial charge in [0.25, 0.3) is 5.56 Å². The summed E-state index contributed by atoms with van der Waals surface area (Å²) in [4.78, 5) is 40.7. The normalized spacial score (nSPS) is 19.8. The van der Waals surface area contributed by atoms with Crippen molar-refractivity contribution in [2.45, 2.75) is 50.0 Å². The van der Waals surface area contributed by atoms with Crippen molar-refractivity contribution in [1.82, 2.24) is 15.0 Å². The number of fused-ring (bicyclic) bond motifs is 1. The van der Waals surface area contributed by atoms with Crippen LogP contribution in [0.25, 0.3) is 10.3 Å². The van der Waals surface area contributed by atoms with Crippen molar-refractivity contribution in [1.29, 1.82) is 0 Å². The SMILES string of the molecule is COCC1(c2nc3sc(N4CCC[C@@H]4C(=O)CCc4ccccc4)nc3c(=O)[nH]2)CC1. The van der Waals surface area contributed by atoms with Crippen molar-refractivity contribution in [3.8, 4) is 0 Å². The van der Waals surface area contributed by atoms with Crippen LogP contribution in [0.4, 0.5) is 5.13 Å². The summed E-state index contributed by atoms with van der Waals surface area (Å²) in [5, 5.41) is 0.720. The smallest absolute Gasteiger partial charge is 0.278 e. The van der Waals surface area contributed by atoms with E-state index in [4.69, 9.17) is 9.72 Å². The Kier molecular flexibility index (Phi) is 5.35. The number of aromatic nitrogens is 3. The lowest BCUT2D eigenvalue weighted by atomic mass is 10.0. The van der Waals surface area contributed by atoms with E-state index in [0.717, 1.165) is 43.8 Å². The van der Waals surface area contributed by atoms with Gasteiger partial charge in [0.15, 0.2) is 21.3 Å². The zero-order valence-corrected chi connectivity index (χ0v) is 18.4. The number of carbonyl (C=O) groups excluding carboxylic acids is 1. The van der Waals surface area contributed by atoms with E-state index < -0.39 is 0 Å². The fraction of sp³-hybridized carbons (Fsp3) is 0.478. The van der Waals surface area contributed by atoms with Crippen LogP contribution in [0.5, 0.6) is 0 Å². The number of ketones is 1. The number of hydrogen-bond donors (Lipinski definition) is 1. The number of aryl methyl sites for hydroxylation is 1. The molecule has 1 aliphatic heterocycles. The summed E-state index contributed by atoms with van der Waals surface area (Å²) in [6.07, 6.45) is 4.96. The molecule has 7 nitrogen and oxygen atoms in total. The molecule has 1 saturated heterocycles. The van der Waals surface area contributed by atoms with Crippen molar-refractivity contribution in [3.05, 3.63) is 52.1 Å². The molecule has 0 radical (unpaired) electrons. The molecule has 1 aromatic carbocycles. The maximum Gasteiger partial charge on any atom is 0.278 e. The summed E-state index contributed by atoms with van der Waals surface area (Å²) in [5.41, 5.74) is 1.15. The Morgan fingerprint density at radius 2 is 2.10 bits per heavy atom. The second kappa shape index (κ2) is 8.16. The first kappa shape index (κ1) is 20.3. The van der Waals surface area contributed by atoms with Crippen LogP contribution in [-0.2, 0) is 21.4 Å². The fourth-order valence-electron chi connectivity index (χ4n) is 4.48. The zero-order valence-electron chi connectivity index (χ0n) is 17.6. The van der Waals surface area contributed by atoms with E-state index in [1.807, 2.05) is 18.2 Å². The van der Waals surface area contributed by atoms with Crippen molar-refractivity contribution < 1.29 is 9.53 Å². The Bertz CT molecular complexity index is 1150. The lowest BCUT2D eigenvalue weighted by Crippen LogP contribution is -2.36. The number of nitrogens with zero attached hydrogens (tertiary/aromatic N) is 3. The van der Waals surface area contributed by atoms with Gasteiger partial charge in [-0.25, -0.2) is 9.97 Å². The number of benzene rings is 1. The van der Waals surface area contributed by atoms with Gasteiger partial charge in [0, 0.05) is 20.1 Å². The number of ether oxygens (including phenoxy) is 1. The molecule has 2 fully saturated rings. The quantitative estimate of drug-likeness (QED) is 0.581. The predicted octanol–water partition coefficient (Wildman–Crippen LogP) is 3.23. The standard InChI is InChI=1S/C23H26N4O3S/c1-30-14-23(11-12-23)21-25-19(29)18-20(26-21)31-22(24-18)27-13-5-8-16(27)17(28)10-9-15-6-3-2-4-7-15/h2-4,6-7,16H,5,8-14H2,1H3,(H,25,26,29)/t16-/m1/s1. The van der Waals surface area contributed by atoms with Crippen LogP contribution in [0.1, 0.15) is 43.5 Å². The Morgan fingerprint density at radius 1 is 1.29 bits per heavy atom. The molecule has 2 aromatic heterocycles. The first-order valence-corrected chi connectivity index (χ1v) is 11.6. The average Bonchev–Trinajstić information content (AvgIpc) is 3.21. The minimum absolute atomic E-state index is 0.171. The second-order valence-corrected chi connectivity index (χ2v) is 9.54. The summed E-state index contributed by atoms with van der Waals surface area (Å²) in [7, 11) is 1.67. The van der Waals surface area contributed by atoms with E-state index in [9.17, 15) is 9.59 Å². The van der Waals surface area contributed by atoms with E-state index in [1.54, 1.807) is 7.11 Å². The lowest BCUT2D eigenvalue weighted by Gasteiger charge is -2.22. The van der Waals surface area contributed by atoms with Gasteiger partial charge in [-0.3, -0.25) is 9.59 Å². The number of hydrogen-bond acceptors (Lipinski definition) is 7. The molecule has 2 aliphatic rings. The Balaban J connectivity index is 1.37. The van der Waals surface area contributed by atoms with Crippen LogP contribution in [0, 0.1) is 0 Å². The van der Waals surface area contributed by atoms with Gasteiger partial charge in [0.05, 0.1) is 18.1 Å². The lowest BCUT2D eigenvalue weighted by molar-refractivity contribution is -0.120. The maximum absolute atomic E-state index is 13.0. The minimum atomic E-state index is -0.212. The topological polar surface area (TPSA) is 88.2 Å². The molecular formula is C23H26N4O3S. The van der Waals surface area contributed by atoms with Gasteiger partial charge >= 0.3 is 0 Å². The van der Waals surface area contributed by atoms with Crippen molar-refractivity contribution in [2.24, 2.45) is 0 Å². The number of Topliss-reactive ketones (excluding diaryl/α,β-unsaturated/α-hetero) is 1. The molecular weight excluding hydrogens is 412 g/mol. The largest absolute Gasteiger partial charge is 0.384 e. The number of carbonyl (C=O) groups is 1. The van der Waals surface area contributed by atoms with Crippen molar-refractivity contribution in [2.75, 3.05) is 25.2 Å². The molecule has 1 atom stereocenters.